The van der Waals surface area contributed by atoms with Crippen molar-refractivity contribution < 1.29 is 29.0 Å². The van der Waals surface area contributed by atoms with E-state index in [2.05, 4.69) is 4.90 Å². The van der Waals surface area contributed by atoms with Crippen LogP contribution < -0.4 is 9.64 Å². The molecule has 0 aromatic heterocycles. The van der Waals surface area contributed by atoms with Crippen molar-refractivity contribution >= 4 is 23.7 Å². The topological polar surface area (TPSA) is 99.6 Å². The molecule has 1 atom stereocenters. The first-order valence-electron chi connectivity index (χ1n) is 11.6. The molecule has 0 unspecified atom stereocenters. The number of rotatable bonds is 6. The second kappa shape index (κ2) is 8.76. The smallest absolute Gasteiger partial charge is 0.407 e. The molecule has 9 heteroatoms. The highest BCUT2D eigenvalue weighted by molar-refractivity contribution is 5.86. The van der Waals surface area contributed by atoms with Crippen LogP contribution in [-0.4, -0.2) is 84.4 Å². The Kier molecular flexibility index (Phi) is 6.16. The summed E-state index contributed by atoms with van der Waals surface area (Å²) in [6, 6.07) is 7.63. The molecule has 1 aromatic rings. The molecule has 1 spiro atoms. The van der Waals surface area contributed by atoms with Gasteiger partial charge >= 0.3 is 12.1 Å². The third-order valence-electron chi connectivity index (χ3n) is 6.77. The Morgan fingerprint density at radius 3 is 2.52 bits per heavy atom. The summed E-state index contributed by atoms with van der Waals surface area (Å²) in [4.78, 5) is 41.5. The van der Waals surface area contributed by atoms with Gasteiger partial charge in [0, 0.05) is 56.4 Å². The zero-order chi connectivity index (χ0) is 23.8. The number of carbonyl (C=O) groups excluding carboxylic acids is 2. The molecule has 3 aliphatic rings. The van der Waals surface area contributed by atoms with Gasteiger partial charge in [0.15, 0.2) is 5.60 Å². The number of likely N-dealkylation sites (tertiary alicyclic amines) is 2. The van der Waals surface area contributed by atoms with Crippen molar-refractivity contribution in [2.75, 3.05) is 50.8 Å². The van der Waals surface area contributed by atoms with Gasteiger partial charge in [-0.25, -0.2) is 4.79 Å². The molecule has 0 bridgehead atoms. The van der Waals surface area contributed by atoms with Crippen LogP contribution in [0, 0.1) is 11.3 Å². The van der Waals surface area contributed by atoms with E-state index in [1.54, 1.807) is 18.7 Å². The summed E-state index contributed by atoms with van der Waals surface area (Å²) in [6.45, 7) is 9.27. The minimum atomic E-state index is -1.05. The van der Waals surface area contributed by atoms with Crippen LogP contribution in [0.3, 0.4) is 0 Å². The first-order valence-corrected chi connectivity index (χ1v) is 11.6. The van der Waals surface area contributed by atoms with Crippen LogP contribution in [0.4, 0.5) is 10.5 Å². The molecule has 0 saturated carbocycles. The number of nitrogens with zero attached hydrogens (tertiary/aromatic N) is 3. The van der Waals surface area contributed by atoms with Crippen LogP contribution in [0.15, 0.2) is 24.3 Å². The Morgan fingerprint density at radius 2 is 1.85 bits per heavy atom. The second-order valence-electron chi connectivity index (χ2n) is 9.95. The van der Waals surface area contributed by atoms with Crippen LogP contribution in [0.2, 0.25) is 0 Å². The minimum absolute atomic E-state index is 0.0895. The van der Waals surface area contributed by atoms with Gasteiger partial charge in [-0.05, 0) is 45.7 Å². The fourth-order valence-electron chi connectivity index (χ4n) is 5.13. The number of piperidine rings is 1. The number of anilines is 1. The molecular weight excluding hydrogens is 426 g/mol. The van der Waals surface area contributed by atoms with E-state index in [-0.39, 0.29) is 23.2 Å². The lowest BCUT2D eigenvalue weighted by atomic mass is 9.72. The normalized spacial score (nSPS) is 21.8. The zero-order valence-electron chi connectivity index (χ0n) is 19.6. The fraction of sp³-hybridized carbons (Fsp3) is 0.625. The monoisotopic (exact) mass is 459 g/mol. The third kappa shape index (κ3) is 4.72. The first-order chi connectivity index (χ1) is 15.6. The molecule has 1 N–H and O–H groups in total. The molecule has 180 valence electrons. The van der Waals surface area contributed by atoms with Crippen LogP contribution in [0.5, 0.6) is 5.75 Å². The standard InChI is InChI=1S/C24H33N3O6/c1-4-32-20(28)17-7-6-10-25(12-17)18-8-5-9-19(11-18)33-23(2,3)21(29)26-13-24(14-26)15-27(16-24)22(30)31/h5,8-9,11,17H,4,6-7,10,12-16H2,1-3H3,(H,30,31)/t17-/m1/s1. The number of esters is 1. The van der Waals surface area contributed by atoms with E-state index in [1.165, 1.54) is 4.90 Å². The van der Waals surface area contributed by atoms with Gasteiger partial charge in [0.2, 0.25) is 0 Å². The van der Waals surface area contributed by atoms with E-state index in [9.17, 15) is 14.4 Å². The molecule has 0 aliphatic carbocycles. The van der Waals surface area contributed by atoms with E-state index in [1.807, 2.05) is 31.2 Å². The van der Waals surface area contributed by atoms with Crippen LogP contribution in [-0.2, 0) is 14.3 Å². The Bertz CT molecular complexity index is 919. The predicted octanol–water partition coefficient (Wildman–Crippen LogP) is 2.45. The zero-order valence-corrected chi connectivity index (χ0v) is 19.6. The van der Waals surface area contributed by atoms with Crippen molar-refractivity contribution in [3.05, 3.63) is 24.3 Å². The summed E-state index contributed by atoms with van der Waals surface area (Å²) in [5, 5.41) is 9.03. The molecule has 33 heavy (non-hydrogen) atoms. The second-order valence-corrected chi connectivity index (χ2v) is 9.95. The average molecular weight is 460 g/mol. The van der Waals surface area contributed by atoms with Gasteiger partial charge in [-0.1, -0.05) is 6.07 Å². The van der Waals surface area contributed by atoms with Gasteiger partial charge in [-0.3, -0.25) is 9.59 Å². The lowest BCUT2D eigenvalue weighted by Gasteiger charge is -2.60. The van der Waals surface area contributed by atoms with Crippen molar-refractivity contribution in [1.82, 2.24) is 9.80 Å². The molecule has 3 heterocycles. The highest BCUT2D eigenvalue weighted by Crippen LogP contribution is 2.41. The van der Waals surface area contributed by atoms with E-state index < -0.39 is 11.7 Å². The van der Waals surface area contributed by atoms with E-state index in [0.717, 1.165) is 25.1 Å². The maximum atomic E-state index is 13.1. The van der Waals surface area contributed by atoms with Crippen molar-refractivity contribution in [1.29, 1.82) is 0 Å². The Hall–Kier alpha value is -2.97. The van der Waals surface area contributed by atoms with E-state index in [0.29, 0.717) is 45.1 Å². The first kappa shape index (κ1) is 23.2. The molecule has 4 rings (SSSR count). The summed E-state index contributed by atoms with van der Waals surface area (Å²) in [5.41, 5.74) is -0.185. The van der Waals surface area contributed by atoms with Crippen LogP contribution in [0.1, 0.15) is 33.6 Å². The number of carboxylic acid groups (broad SMARTS) is 1. The molecule has 0 radical (unpaired) electrons. The lowest BCUT2D eigenvalue weighted by Crippen LogP contribution is -2.75. The lowest BCUT2D eigenvalue weighted by molar-refractivity contribution is -0.168. The van der Waals surface area contributed by atoms with Gasteiger partial charge in [-0.15, -0.1) is 0 Å². The Balaban J connectivity index is 1.35. The number of benzene rings is 1. The van der Waals surface area contributed by atoms with Gasteiger partial charge in [0.05, 0.1) is 12.5 Å². The van der Waals surface area contributed by atoms with Gasteiger partial charge < -0.3 is 29.3 Å². The highest BCUT2D eigenvalue weighted by Gasteiger charge is 2.56. The summed E-state index contributed by atoms with van der Waals surface area (Å²) in [5.74, 6) is 0.211. The summed E-state index contributed by atoms with van der Waals surface area (Å²) < 4.78 is 11.3. The number of ether oxygens (including phenoxy) is 2. The van der Waals surface area contributed by atoms with Gasteiger partial charge in [0.1, 0.15) is 5.75 Å². The molecule has 3 fully saturated rings. The summed E-state index contributed by atoms with van der Waals surface area (Å²) in [7, 11) is 0. The summed E-state index contributed by atoms with van der Waals surface area (Å²) >= 11 is 0. The molecule has 2 amide bonds. The van der Waals surface area contributed by atoms with Crippen molar-refractivity contribution in [3.63, 3.8) is 0 Å². The SMILES string of the molecule is CCOC(=O)[C@@H]1CCCN(c2cccc(OC(C)(C)C(=O)N3CC4(CN(C(=O)O)C4)C3)c2)C1. The molecule has 3 saturated heterocycles. The maximum Gasteiger partial charge on any atom is 0.407 e. The molecule has 9 nitrogen and oxygen atoms in total. The molecule has 3 aliphatic heterocycles. The number of hydrogen-bond donors (Lipinski definition) is 1. The summed E-state index contributed by atoms with van der Waals surface area (Å²) in [6.07, 6.45) is 0.833. The fourth-order valence-corrected chi connectivity index (χ4v) is 5.13. The number of carbonyl (C=O) groups is 3. The van der Waals surface area contributed by atoms with Crippen molar-refractivity contribution in [2.24, 2.45) is 11.3 Å². The largest absolute Gasteiger partial charge is 0.478 e. The number of amides is 2. The van der Waals surface area contributed by atoms with E-state index >= 15 is 0 Å². The highest BCUT2D eigenvalue weighted by atomic mass is 16.5. The Labute approximate surface area is 194 Å². The van der Waals surface area contributed by atoms with Gasteiger partial charge in [-0.2, -0.15) is 0 Å². The molecular formula is C24H33N3O6. The van der Waals surface area contributed by atoms with Crippen LogP contribution >= 0.6 is 0 Å². The van der Waals surface area contributed by atoms with Gasteiger partial charge in [0.25, 0.3) is 5.91 Å². The maximum absolute atomic E-state index is 13.1. The quantitative estimate of drug-likeness (QED) is 0.652. The van der Waals surface area contributed by atoms with Crippen molar-refractivity contribution in [3.8, 4) is 5.75 Å². The van der Waals surface area contributed by atoms with Crippen molar-refractivity contribution in [2.45, 2.75) is 39.2 Å². The van der Waals surface area contributed by atoms with E-state index in [4.69, 9.17) is 14.6 Å². The van der Waals surface area contributed by atoms with Crippen LogP contribution in [0.25, 0.3) is 0 Å². The minimum Gasteiger partial charge on any atom is -0.478 e. The predicted molar refractivity (Wildman–Crippen MR) is 121 cm³/mol. The number of hydrogen-bond acceptors (Lipinski definition) is 6. The third-order valence-corrected chi connectivity index (χ3v) is 6.77. The Morgan fingerprint density at radius 1 is 1.15 bits per heavy atom. The average Bonchev–Trinajstić information content (AvgIpc) is 2.71. The molecule has 1 aromatic carbocycles.